The zero-order chi connectivity index (χ0) is 10.8. The van der Waals surface area contributed by atoms with Crippen LogP contribution in [0.25, 0.3) is 0 Å². The number of carbonyl (C=O) groups excluding carboxylic acids is 1. The first-order valence-corrected chi connectivity index (χ1v) is 5.61. The molecule has 1 unspecified atom stereocenters. The highest BCUT2D eigenvalue weighted by atomic mass is 16.1. The van der Waals surface area contributed by atoms with Crippen molar-refractivity contribution >= 4 is 5.78 Å². The van der Waals surface area contributed by atoms with Crippen LogP contribution in [0.5, 0.6) is 0 Å². The molecule has 0 bridgehead atoms. The van der Waals surface area contributed by atoms with Gasteiger partial charge in [0.05, 0.1) is 0 Å². The number of hydrogen-bond donors (Lipinski definition) is 0. The van der Waals surface area contributed by atoms with Crippen LogP contribution in [0, 0.1) is 10.8 Å². The maximum Gasteiger partial charge on any atom is 0.161 e. The first-order valence-electron chi connectivity index (χ1n) is 5.61. The van der Waals surface area contributed by atoms with E-state index in [4.69, 9.17) is 0 Å². The first-order chi connectivity index (χ1) is 6.44. The van der Waals surface area contributed by atoms with Crippen LogP contribution < -0.4 is 0 Å². The lowest BCUT2D eigenvalue weighted by Crippen LogP contribution is -2.43. The maximum absolute atomic E-state index is 12.0. The molecule has 14 heavy (non-hydrogen) atoms. The summed E-state index contributed by atoms with van der Waals surface area (Å²) < 4.78 is 0. The predicted octanol–water partition coefficient (Wildman–Crippen LogP) is 3.74. The Bertz CT molecular complexity index is 250. The largest absolute Gasteiger partial charge is 0.294 e. The van der Waals surface area contributed by atoms with Crippen LogP contribution in [0.2, 0.25) is 0 Å². The Labute approximate surface area is 87.6 Å². The van der Waals surface area contributed by atoms with E-state index in [-0.39, 0.29) is 10.8 Å². The average molecular weight is 194 g/mol. The van der Waals surface area contributed by atoms with Crippen molar-refractivity contribution in [2.24, 2.45) is 10.8 Å². The maximum atomic E-state index is 12.0. The van der Waals surface area contributed by atoms with Gasteiger partial charge >= 0.3 is 0 Å². The van der Waals surface area contributed by atoms with Crippen LogP contribution in [0.1, 0.15) is 53.4 Å². The van der Waals surface area contributed by atoms with Crippen LogP contribution in [-0.4, -0.2) is 5.78 Å². The Kier molecular flexibility index (Phi) is 3.18. The van der Waals surface area contributed by atoms with Crippen molar-refractivity contribution in [3.05, 3.63) is 12.2 Å². The second kappa shape index (κ2) is 3.88. The Balaban J connectivity index is 2.94. The fourth-order valence-corrected chi connectivity index (χ4v) is 2.45. The molecule has 0 saturated heterocycles. The molecular formula is C13H22O. The van der Waals surface area contributed by atoms with Gasteiger partial charge in [-0.2, -0.15) is 0 Å². The molecule has 0 amide bonds. The number of rotatable bonds is 2. The van der Waals surface area contributed by atoms with E-state index in [9.17, 15) is 4.79 Å². The van der Waals surface area contributed by atoms with Crippen molar-refractivity contribution in [3.63, 3.8) is 0 Å². The van der Waals surface area contributed by atoms with E-state index in [1.807, 2.05) is 13.0 Å². The first kappa shape index (κ1) is 11.5. The van der Waals surface area contributed by atoms with Gasteiger partial charge in [0.1, 0.15) is 0 Å². The molecule has 0 N–H and O–H groups in total. The summed E-state index contributed by atoms with van der Waals surface area (Å²) in [6.45, 7) is 8.51. The van der Waals surface area contributed by atoms with Crippen LogP contribution >= 0.6 is 0 Å². The number of carbonyl (C=O) groups is 1. The predicted molar refractivity (Wildman–Crippen MR) is 60.2 cm³/mol. The molecule has 1 aliphatic rings. The van der Waals surface area contributed by atoms with Crippen LogP contribution in [0.4, 0.5) is 0 Å². The van der Waals surface area contributed by atoms with Gasteiger partial charge in [-0.15, -0.1) is 0 Å². The highest BCUT2D eigenvalue weighted by Crippen LogP contribution is 2.50. The molecule has 1 heteroatoms. The molecule has 0 radical (unpaired) electrons. The second-order valence-corrected chi connectivity index (χ2v) is 5.29. The highest BCUT2D eigenvalue weighted by Gasteiger charge is 2.46. The third-order valence-electron chi connectivity index (χ3n) is 4.08. The molecule has 0 aromatic heterocycles. The number of allylic oxidation sites excluding steroid dienone is 2. The zero-order valence-corrected chi connectivity index (χ0v) is 9.89. The fourth-order valence-electron chi connectivity index (χ4n) is 2.45. The van der Waals surface area contributed by atoms with Crippen LogP contribution in [0.3, 0.4) is 0 Å². The van der Waals surface area contributed by atoms with Crippen molar-refractivity contribution in [1.82, 2.24) is 0 Å². The summed E-state index contributed by atoms with van der Waals surface area (Å²) >= 11 is 0. The molecule has 1 saturated carbocycles. The molecular weight excluding hydrogens is 172 g/mol. The quantitative estimate of drug-likeness (QED) is 0.612. The average Bonchev–Trinajstić information content (AvgIpc) is 2.10. The summed E-state index contributed by atoms with van der Waals surface area (Å²) in [7, 11) is 0. The summed E-state index contributed by atoms with van der Waals surface area (Å²) in [4.78, 5) is 12.0. The lowest BCUT2D eigenvalue weighted by atomic mass is 9.57. The van der Waals surface area contributed by atoms with E-state index >= 15 is 0 Å². The molecule has 80 valence electrons. The van der Waals surface area contributed by atoms with Gasteiger partial charge in [0, 0.05) is 5.41 Å². The Hall–Kier alpha value is -0.590. The van der Waals surface area contributed by atoms with E-state index in [0.29, 0.717) is 5.78 Å². The minimum absolute atomic E-state index is 0.141. The van der Waals surface area contributed by atoms with Gasteiger partial charge in [-0.05, 0) is 31.3 Å². The highest BCUT2D eigenvalue weighted by molar-refractivity contribution is 5.95. The standard InChI is InChI=1S/C13H22O/c1-5-8-11(14)13(4)10-7-6-9-12(13,2)3/h5,8H,6-7,9-10H2,1-4H3/b8-5+. The Morgan fingerprint density at radius 2 is 1.71 bits per heavy atom. The van der Waals surface area contributed by atoms with Gasteiger partial charge < -0.3 is 0 Å². The Morgan fingerprint density at radius 1 is 1.14 bits per heavy atom. The molecule has 0 aliphatic heterocycles. The van der Waals surface area contributed by atoms with Gasteiger partial charge in [0.2, 0.25) is 0 Å². The zero-order valence-electron chi connectivity index (χ0n) is 9.89. The molecule has 0 heterocycles. The van der Waals surface area contributed by atoms with E-state index in [1.165, 1.54) is 19.3 Å². The molecule has 0 spiro atoms. The smallest absolute Gasteiger partial charge is 0.161 e. The minimum atomic E-state index is -0.141. The Morgan fingerprint density at radius 3 is 2.21 bits per heavy atom. The third-order valence-corrected chi connectivity index (χ3v) is 4.08. The third kappa shape index (κ3) is 1.77. The van der Waals surface area contributed by atoms with E-state index in [0.717, 1.165) is 6.42 Å². The summed E-state index contributed by atoms with van der Waals surface area (Å²) in [5.41, 5.74) is 0.0135. The van der Waals surface area contributed by atoms with Crippen LogP contribution in [0.15, 0.2) is 12.2 Å². The molecule has 0 aromatic carbocycles. The number of hydrogen-bond acceptors (Lipinski definition) is 1. The molecule has 1 rings (SSSR count). The van der Waals surface area contributed by atoms with E-state index < -0.39 is 0 Å². The van der Waals surface area contributed by atoms with Gasteiger partial charge in [0.15, 0.2) is 5.78 Å². The lowest BCUT2D eigenvalue weighted by Gasteiger charge is -2.46. The molecule has 1 aliphatic carbocycles. The van der Waals surface area contributed by atoms with Crippen molar-refractivity contribution in [2.75, 3.05) is 0 Å². The van der Waals surface area contributed by atoms with Gasteiger partial charge in [-0.1, -0.05) is 39.7 Å². The summed E-state index contributed by atoms with van der Waals surface area (Å²) in [6.07, 6.45) is 8.29. The number of ketones is 1. The summed E-state index contributed by atoms with van der Waals surface area (Å²) in [5.74, 6) is 0.310. The van der Waals surface area contributed by atoms with Crippen molar-refractivity contribution in [1.29, 1.82) is 0 Å². The lowest BCUT2D eigenvalue weighted by molar-refractivity contribution is -0.132. The molecule has 1 fully saturated rings. The monoisotopic (exact) mass is 194 g/mol. The van der Waals surface area contributed by atoms with Crippen molar-refractivity contribution < 1.29 is 4.79 Å². The molecule has 1 atom stereocenters. The fraction of sp³-hybridized carbons (Fsp3) is 0.769. The van der Waals surface area contributed by atoms with Gasteiger partial charge in [0.25, 0.3) is 0 Å². The second-order valence-electron chi connectivity index (χ2n) is 5.29. The molecule has 0 aromatic rings. The SMILES string of the molecule is C/C=C/C(=O)C1(C)CCCCC1(C)C. The van der Waals surface area contributed by atoms with Gasteiger partial charge in [-0.25, -0.2) is 0 Å². The van der Waals surface area contributed by atoms with Crippen LogP contribution in [-0.2, 0) is 4.79 Å². The van der Waals surface area contributed by atoms with E-state index in [2.05, 4.69) is 20.8 Å². The molecule has 1 nitrogen and oxygen atoms in total. The van der Waals surface area contributed by atoms with Crippen molar-refractivity contribution in [2.45, 2.75) is 53.4 Å². The normalized spacial score (nSPS) is 32.0. The minimum Gasteiger partial charge on any atom is -0.294 e. The summed E-state index contributed by atoms with van der Waals surface area (Å²) in [5, 5.41) is 0. The summed E-state index contributed by atoms with van der Waals surface area (Å²) in [6, 6.07) is 0. The van der Waals surface area contributed by atoms with Crippen molar-refractivity contribution in [3.8, 4) is 0 Å². The van der Waals surface area contributed by atoms with E-state index in [1.54, 1.807) is 6.08 Å². The topological polar surface area (TPSA) is 17.1 Å². The van der Waals surface area contributed by atoms with Gasteiger partial charge in [-0.3, -0.25) is 4.79 Å².